The van der Waals surface area contributed by atoms with Crippen LogP contribution < -0.4 is 20.5 Å². The lowest BCUT2D eigenvalue weighted by Crippen LogP contribution is -2.24. The molecule has 7 nitrogen and oxygen atoms in total. The quantitative estimate of drug-likeness (QED) is 0.391. The van der Waals surface area contributed by atoms with Crippen molar-refractivity contribution in [3.63, 3.8) is 0 Å². The van der Waals surface area contributed by atoms with Gasteiger partial charge in [-0.15, -0.1) is 0 Å². The van der Waals surface area contributed by atoms with Crippen molar-refractivity contribution in [2.24, 2.45) is 0 Å². The van der Waals surface area contributed by atoms with Crippen LogP contribution in [0.3, 0.4) is 0 Å². The van der Waals surface area contributed by atoms with Gasteiger partial charge < -0.3 is 25.1 Å². The van der Waals surface area contributed by atoms with Crippen LogP contribution in [0, 0.1) is 3.57 Å². The molecule has 3 aromatic rings. The zero-order valence-corrected chi connectivity index (χ0v) is 18.2. The molecule has 1 aromatic carbocycles. The molecule has 1 aliphatic rings. The van der Waals surface area contributed by atoms with E-state index in [4.69, 9.17) is 20.2 Å². The highest BCUT2D eigenvalue weighted by Gasteiger charge is 2.19. The highest BCUT2D eigenvalue weighted by atomic mass is 124. The van der Waals surface area contributed by atoms with E-state index in [1.54, 1.807) is 6.20 Å². The molecule has 0 aliphatic carbocycles. The van der Waals surface area contributed by atoms with Crippen LogP contribution in [-0.4, -0.2) is 33.9 Å². The Morgan fingerprint density at radius 2 is 2.07 bits per heavy atom. The van der Waals surface area contributed by atoms with Gasteiger partial charge in [0.15, 0.2) is 17.3 Å². The second kappa shape index (κ2) is 8.12. The molecule has 0 bridgehead atoms. The normalized spacial score (nSPS) is 13.0. The molecule has 0 radical (unpaired) electrons. The van der Waals surface area contributed by atoms with Crippen molar-refractivity contribution >= 4 is 39.4 Å². The first-order valence-corrected chi connectivity index (χ1v) is 10.5. The number of imidazole rings is 1. The average molecular weight is 490 g/mol. The van der Waals surface area contributed by atoms with E-state index < -0.39 is 0 Å². The number of anilines is 1. The van der Waals surface area contributed by atoms with E-state index in [0.29, 0.717) is 18.3 Å². The van der Waals surface area contributed by atoms with Crippen LogP contribution in [0.25, 0.3) is 11.0 Å². The summed E-state index contributed by atoms with van der Waals surface area (Å²) in [6.45, 7) is 6.42. The third kappa shape index (κ3) is 3.88. The Bertz CT molecular complexity index is 1000. The molecule has 4 rings (SSSR count). The van der Waals surface area contributed by atoms with Crippen LogP contribution in [0.1, 0.15) is 31.7 Å². The Morgan fingerprint density at radius 3 is 2.86 bits per heavy atom. The third-order valence-corrected chi connectivity index (χ3v) is 5.78. The largest absolute Gasteiger partial charge is 0.454 e. The molecule has 0 unspecified atom stereocenters. The standard InChI is InChI=1S/C20H24IN5O2/c1-12(2)23-5-3-7-26-15-4-6-24-20(22)19(15)25-18(26)9-13-8-16-17(10-14(13)21)28-11-27-16/h4,6,8,10,12,23H,3,5,7,9,11H2,1-2H3,(H2,22,24)/i21-3. The summed E-state index contributed by atoms with van der Waals surface area (Å²) >= 11 is 2.34. The van der Waals surface area contributed by atoms with Crippen molar-refractivity contribution in [3.05, 3.63) is 39.4 Å². The van der Waals surface area contributed by atoms with Crippen LogP contribution in [0.4, 0.5) is 5.82 Å². The van der Waals surface area contributed by atoms with Gasteiger partial charge in [-0.25, -0.2) is 9.97 Å². The van der Waals surface area contributed by atoms with Crippen molar-refractivity contribution in [2.75, 3.05) is 19.1 Å². The number of fused-ring (bicyclic) bond motifs is 2. The van der Waals surface area contributed by atoms with Crippen molar-refractivity contribution < 1.29 is 9.47 Å². The number of hydrogen-bond acceptors (Lipinski definition) is 6. The maximum atomic E-state index is 6.09. The SMILES string of the molecule is CC(C)NCCCn1c(Cc2cc3c(cc2[124I])OCO3)nc2c(N)nccc21. The highest BCUT2D eigenvalue weighted by molar-refractivity contribution is 14.1. The number of aryl methyl sites for hydroxylation is 1. The maximum Gasteiger partial charge on any atom is 0.231 e. The van der Waals surface area contributed by atoms with Gasteiger partial charge in [0.1, 0.15) is 11.3 Å². The van der Waals surface area contributed by atoms with E-state index in [-0.39, 0.29) is 6.79 Å². The monoisotopic (exact) mass is 490 g/mol. The Morgan fingerprint density at radius 1 is 1.29 bits per heavy atom. The third-order valence-electron chi connectivity index (χ3n) is 4.78. The topological polar surface area (TPSA) is 87.2 Å². The van der Waals surface area contributed by atoms with Crippen molar-refractivity contribution in [3.8, 4) is 11.5 Å². The molecule has 0 atom stereocenters. The number of hydrogen-bond donors (Lipinski definition) is 2. The van der Waals surface area contributed by atoms with Crippen LogP contribution in [-0.2, 0) is 13.0 Å². The van der Waals surface area contributed by atoms with Gasteiger partial charge in [0.05, 0.1) is 5.52 Å². The molecule has 3 heterocycles. The minimum Gasteiger partial charge on any atom is -0.454 e. The number of nitrogen functional groups attached to an aromatic ring is 1. The van der Waals surface area contributed by atoms with E-state index >= 15 is 0 Å². The molecule has 1 aliphatic heterocycles. The van der Waals surface area contributed by atoms with Gasteiger partial charge >= 0.3 is 0 Å². The van der Waals surface area contributed by atoms with Crippen LogP contribution in [0.5, 0.6) is 11.5 Å². The molecule has 0 saturated carbocycles. The summed E-state index contributed by atoms with van der Waals surface area (Å²) in [6.07, 6.45) is 3.45. The van der Waals surface area contributed by atoms with Gasteiger partial charge in [0.2, 0.25) is 6.79 Å². The van der Waals surface area contributed by atoms with Crippen LogP contribution in [0.15, 0.2) is 24.4 Å². The van der Waals surface area contributed by atoms with Crippen LogP contribution >= 0.6 is 22.6 Å². The second-order valence-corrected chi connectivity index (χ2v) is 8.34. The van der Waals surface area contributed by atoms with Crippen molar-refractivity contribution in [1.29, 1.82) is 0 Å². The molecule has 2 aromatic heterocycles. The molecule has 0 fully saturated rings. The van der Waals surface area contributed by atoms with E-state index in [1.165, 1.54) is 0 Å². The predicted octanol–water partition coefficient (Wildman–Crippen LogP) is 3.33. The fraction of sp³-hybridized carbons (Fsp3) is 0.400. The van der Waals surface area contributed by atoms with E-state index in [9.17, 15) is 0 Å². The number of halogens is 1. The fourth-order valence-corrected chi connectivity index (χ4v) is 4.03. The fourth-order valence-electron chi connectivity index (χ4n) is 3.40. The number of aromatic nitrogens is 3. The molecule has 0 saturated heterocycles. The van der Waals surface area contributed by atoms with Gasteiger partial charge in [-0.2, -0.15) is 0 Å². The van der Waals surface area contributed by atoms with E-state index in [1.807, 2.05) is 12.1 Å². The van der Waals surface area contributed by atoms with Crippen LogP contribution in [0.2, 0.25) is 0 Å². The lowest BCUT2D eigenvalue weighted by Gasteiger charge is -2.12. The lowest BCUT2D eigenvalue weighted by molar-refractivity contribution is 0.174. The number of nitrogens with two attached hydrogens (primary N) is 1. The van der Waals surface area contributed by atoms with Gasteiger partial charge in [-0.1, -0.05) is 13.8 Å². The first-order chi connectivity index (χ1) is 13.5. The molecular weight excluding hydrogens is 466 g/mol. The minimum atomic E-state index is 0.276. The first-order valence-electron chi connectivity index (χ1n) is 9.44. The lowest BCUT2D eigenvalue weighted by atomic mass is 10.1. The predicted molar refractivity (Wildman–Crippen MR) is 118 cm³/mol. The number of rotatable bonds is 7. The minimum absolute atomic E-state index is 0.276. The maximum absolute atomic E-state index is 6.09. The smallest absolute Gasteiger partial charge is 0.231 e. The zero-order chi connectivity index (χ0) is 19.7. The Labute approximate surface area is 177 Å². The summed E-state index contributed by atoms with van der Waals surface area (Å²) in [4.78, 5) is 9.04. The second-order valence-electron chi connectivity index (χ2n) is 7.18. The van der Waals surface area contributed by atoms with E-state index in [0.717, 1.165) is 57.0 Å². The number of nitrogens with one attached hydrogen (secondary N) is 1. The number of ether oxygens (including phenoxy) is 2. The summed E-state index contributed by atoms with van der Waals surface area (Å²) < 4.78 is 14.4. The Hall–Kier alpha value is -2.07. The summed E-state index contributed by atoms with van der Waals surface area (Å²) in [5.74, 6) is 3.05. The average Bonchev–Trinajstić information content (AvgIpc) is 3.24. The summed E-state index contributed by atoms with van der Waals surface area (Å²) in [5.41, 5.74) is 9.05. The Balaban J connectivity index is 1.66. The zero-order valence-electron chi connectivity index (χ0n) is 16.0. The van der Waals surface area contributed by atoms with Gasteiger partial charge in [0, 0.05) is 28.8 Å². The summed E-state index contributed by atoms with van der Waals surface area (Å²) in [5, 5.41) is 3.47. The molecule has 3 N–H and O–H groups in total. The highest BCUT2D eigenvalue weighted by Crippen LogP contribution is 2.36. The van der Waals surface area contributed by atoms with Gasteiger partial charge in [-0.05, 0) is 59.3 Å². The summed E-state index contributed by atoms with van der Waals surface area (Å²) in [6, 6.07) is 6.54. The summed E-state index contributed by atoms with van der Waals surface area (Å²) in [7, 11) is 0. The molecule has 0 amide bonds. The molecule has 148 valence electrons. The van der Waals surface area contributed by atoms with Crippen molar-refractivity contribution in [2.45, 2.75) is 39.3 Å². The van der Waals surface area contributed by atoms with Gasteiger partial charge in [-0.3, -0.25) is 0 Å². The number of nitrogens with zero attached hydrogens (tertiary/aromatic N) is 3. The Kier molecular flexibility index (Phi) is 5.58. The first kappa shape index (κ1) is 19.3. The molecule has 0 spiro atoms. The van der Waals surface area contributed by atoms with E-state index in [2.05, 4.69) is 57.4 Å². The molecular formula is C20H24IN5O2. The van der Waals surface area contributed by atoms with Crippen molar-refractivity contribution in [1.82, 2.24) is 19.9 Å². The molecule has 28 heavy (non-hydrogen) atoms. The number of pyridine rings is 1. The van der Waals surface area contributed by atoms with Gasteiger partial charge in [0.25, 0.3) is 0 Å². The number of benzene rings is 1. The molecule has 8 heteroatoms.